The number of rotatable bonds is 11. The van der Waals surface area contributed by atoms with Crippen LogP contribution in [0.4, 0.5) is 0 Å². The van der Waals surface area contributed by atoms with E-state index in [1.54, 1.807) is 13.8 Å². The van der Waals surface area contributed by atoms with Crippen LogP contribution in [-0.2, 0) is 23.8 Å². The molecule has 0 aliphatic heterocycles. The highest BCUT2D eigenvalue weighted by molar-refractivity contribution is 5.99. The molecule has 0 unspecified atom stereocenters. The van der Waals surface area contributed by atoms with Crippen molar-refractivity contribution in [2.24, 2.45) is 5.92 Å². The number of nitrogens with zero attached hydrogens (tertiary/aromatic N) is 1. The summed E-state index contributed by atoms with van der Waals surface area (Å²) in [4.78, 5) is 40.1. The van der Waals surface area contributed by atoms with Gasteiger partial charge in [0.2, 0.25) is 6.79 Å². The first-order chi connectivity index (χ1) is 13.9. The number of ketones is 1. The third-order valence-corrected chi connectivity index (χ3v) is 3.78. The van der Waals surface area contributed by atoms with E-state index in [0.29, 0.717) is 0 Å². The Morgan fingerprint density at radius 1 is 1.17 bits per heavy atom. The van der Waals surface area contributed by atoms with Crippen molar-refractivity contribution in [3.8, 4) is 11.5 Å². The lowest BCUT2D eigenvalue weighted by atomic mass is 10.0. The lowest BCUT2D eigenvalue weighted by Gasteiger charge is -2.23. The molecular formula is C21H31NO8. The largest absolute Gasteiger partial charge is 0.493 e. The standard InChI is InChI=1S/C21H31NO8/c1-13(20(25)30-14(2)11-29-21(4,5)6)10-16(24)18-19(28-12-27-15(3)23)17(26-7)8-9-22-18/h8-9,13-14H,10-12H2,1-7H3/t13-,14+/m1/s1. The zero-order valence-corrected chi connectivity index (χ0v) is 18.6. The van der Waals surface area contributed by atoms with Crippen LogP contribution in [0.3, 0.4) is 0 Å². The second kappa shape index (κ2) is 11.5. The van der Waals surface area contributed by atoms with Crippen molar-refractivity contribution in [1.29, 1.82) is 0 Å². The Labute approximate surface area is 177 Å². The molecule has 0 aromatic carbocycles. The first-order valence-electron chi connectivity index (χ1n) is 9.61. The number of pyridine rings is 1. The molecule has 0 fully saturated rings. The molecule has 30 heavy (non-hydrogen) atoms. The van der Waals surface area contributed by atoms with Crippen LogP contribution < -0.4 is 9.47 Å². The molecule has 0 N–H and O–H groups in total. The number of carbonyl (C=O) groups is 3. The highest BCUT2D eigenvalue weighted by Crippen LogP contribution is 2.31. The Balaban J connectivity index is 2.78. The Bertz CT molecular complexity index is 741. The van der Waals surface area contributed by atoms with E-state index in [0.717, 1.165) is 0 Å². The van der Waals surface area contributed by atoms with Gasteiger partial charge in [-0.15, -0.1) is 0 Å². The van der Waals surface area contributed by atoms with Crippen LogP contribution in [0.1, 0.15) is 58.5 Å². The summed E-state index contributed by atoms with van der Waals surface area (Å²) in [7, 11) is 1.41. The van der Waals surface area contributed by atoms with Crippen molar-refractivity contribution < 1.29 is 38.1 Å². The van der Waals surface area contributed by atoms with Crippen LogP contribution in [0.15, 0.2) is 12.3 Å². The summed E-state index contributed by atoms with van der Waals surface area (Å²) in [6.07, 6.45) is 0.793. The van der Waals surface area contributed by atoms with E-state index < -0.39 is 36.5 Å². The minimum absolute atomic E-state index is 0.0229. The van der Waals surface area contributed by atoms with Gasteiger partial charge in [0.05, 0.1) is 25.2 Å². The number of Topliss-reactive ketones (excluding diaryl/α,β-unsaturated/α-hetero) is 1. The quantitative estimate of drug-likeness (QED) is 0.300. The fraction of sp³-hybridized carbons (Fsp3) is 0.619. The third kappa shape index (κ3) is 8.77. The van der Waals surface area contributed by atoms with Crippen molar-refractivity contribution >= 4 is 17.7 Å². The van der Waals surface area contributed by atoms with Gasteiger partial charge in [-0.2, -0.15) is 0 Å². The molecule has 2 atom stereocenters. The second-order valence-corrected chi connectivity index (χ2v) is 7.79. The van der Waals surface area contributed by atoms with Gasteiger partial charge in [-0.3, -0.25) is 14.4 Å². The van der Waals surface area contributed by atoms with Crippen LogP contribution >= 0.6 is 0 Å². The fourth-order valence-electron chi connectivity index (χ4n) is 2.27. The highest BCUT2D eigenvalue weighted by atomic mass is 16.7. The van der Waals surface area contributed by atoms with Gasteiger partial charge in [-0.05, 0) is 27.7 Å². The Hall–Kier alpha value is -2.68. The molecule has 1 rings (SSSR count). The molecule has 9 heteroatoms. The molecule has 0 radical (unpaired) electrons. The van der Waals surface area contributed by atoms with Gasteiger partial charge in [-0.25, -0.2) is 4.98 Å². The van der Waals surface area contributed by atoms with Gasteiger partial charge in [-0.1, -0.05) is 6.92 Å². The number of aromatic nitrogens is 1. The SMILES string of the molecule is COc1ccnc(C(=O)C[C@@H](C)C(=O)O[C@@H](C)COC(C)(C)C)c1OCOC(C)=O. The van der Waals surface area contributed by atoms with E-state index in [2.05, 4.69) is 4.98 Å². The fourth-order valence-corrected chi connectivity index (χ4v) is 2.27. The minimum Gasteiger partial charge on any atom is -0.493 e. The van der Waals surface area contributed by atoms with Crippen molar-refractivity contribution in [1.82, 2.24) is 4.98 Å². The summed E-state index contributed by atoms with van der Waals surface area (Å²) in [5.41, 5.74) is -0.367. The molecule has 0 bridgehead atoms. The van der Waals surface area contributed by atoms with Gasteiger partial charge in [0.15, 0.2) is 23.0 Å². The van der Waals surface area contributed by atoms with E-state index in [-0.39, 0.29) is 35.8 Å². The molecule has 1 aromatic rings. The molecule has 0 spiro atoms. The van der Waals surface area contributed by atoms with Crippen LogP contribution in [0.25, 0.3) is 0 Å². The Morgan fingerprint density at radius 3 is 2.40 bits per heavy atom. The average molecular weight is 425 g/mol. The topological polar surface area (TPSA) is 110 Å². The summed E-state index contributed by atoms with van der Waals surface area (Å²) in [5, 5.41) is 0. The molecule has 9 nitrogen and oxygen atoms in total. The smallest absolute Gasteiger partial charge is 0.309 e. The number of hydrogen-bond donors (Lipinski definition) is 0. The van der Waals surface area contributed by atoms with Gasteiger partial charge in [0.25, 0.3) is 0 Å². The molecule has 0 amide bonds. The maximum Gasteiger partial charge on any atom is 0.309 e. The number of hydrogen-bond acceptors (Lipinski definition) is 9. The molecular weight excluding hydrogens is 394 g/mol. The molecule has 0 aliphatic rings. The van der Waals surface area contributed by atoms with Gasteiger partial charge in [0, 0.05) is 25.6 Å². The van der Waals surface area contributed by atoms with Crippen molar-refractivity contribution in [2.45, 2.75) is 59.7 Å². The average Bonchev–Trinajstić information content (AvgIpc) is 2.65. The molecule has 1 aromatic heterocycles. The monoisotopic (exact) mass is 425 g/mol. The normalized spacial score (nSPS) is 13.2. The number of esters is 2. The minimum atomic E-state index is -0.705. The molecule has 168 valence electrons. The lowest BCUT2D eigenvalue weighted by Crippen LogP contribution is -2.30. The predicted molar refractivity (Wildman–Crippen MR) is 107 cm³/mol. The molecule has 1 heterocycles. The summed E-state index contributed by atoms with van der Waals surface area (Å²) in [6.45, 7) is 10.1. The van der Waals surface area contributed by atoms with Crippen LogP contribution in [0.5, 0.6) is 11.5 Å². The van der Waals surface area contributed by atoms with Gasteiger partial charge < -0.3 is 23.7 Å². The first-order valence-corrected chi connectivity index (χ1v) is 9.61. The van der Waals surface area contributed by atoms with E-state index in [9.17, 15) is 14.4 Å². The zero-order valence-electron chi connectivity index (χ0n) is 18.6. The lowest BCUT2D eigenvalue weighted by molar-refractivity contribution is -0.158. The highest BCUT2D eigenvalue weighted by Gasteiger charge is 2.26. The Kier molecular flexibility index (Phi) is 9.71. The van der Waals surface area contributed by atoms with E-state index in [4.69, 9.17) is 23.7 Å². The van der Waals surface area contributed by atoms with Crippen LogP contribution in [-0.4, -0.2) is 54.9 Å². The number of ether oxygens (including phenoxy) is 5. The summed E-state index contributed by atoms with van der Waals surface area (Å²) in [5.74, 6) is -1.90. The number of methoxy groups -OCH3 is 1. The Morgan fingerprint density at radius 2 is 1.83 bits per heavy atom. The van der Waals surface area contributed by atoms with E-state index in [1.165, 1.54) is 26.3 Å². The second-order valence-electron chi connectivity index (χ2n) is 7.79. The number of carbonyl (C=O) groups excluding carboxylic acids is 3. The van der Waals surface area contributed by atoms with Crippen LogP contribution in [0, 0.1) is 5.92 Å². The predicted octanol–water partition coefficient (Wildman–Crippen LogP) is 2.95. The van der Waals surface area contributed by atoms with Crippen LogP contribution in [0.2, 0.25) is 0 Å². The summed E-state index contributed by atoms with van der Waals surface area (Å²) < 4.78 is 26.3. The maximum atomic E-state index is 12.8. The van der Waals surface area contributed by atoms with Gasteiger partial charge in [0.1, 0.15) is 6.10 Å². The maximum absolute atomic E-state index is 12.8. The molecule has 0 saturated heterocycles. The summed E-state index contributed by atoms with van der Waals surface area (Å²) >= 11 is 0. The third-order valence-electron chi connectivity index (χ3n) is 3.78. The van der Waals surface area contributed by atoms with E-state index in [1.807, 2.05) is 20.8 Å². The van der Waals surface area contributed by atoms with Crippen molar-refractivity contribution in [3.05, 3.63) is 18.0 Å². The molecule has 0 saturated carbocycles. The molecule has 0 aliphatic carbocycles. The van der Waals surface area contributed by atoms with Crippen molar-refractivity contribution in [2.75, 3.05) is 20.5 Å². The first kappa shape index (κ1) is 25.4. The zero-order chi connectivity index (χ0) is 22.9. The van der Waals surface area contributed by atoms with Crippen molar-refractivity contribution in [3.63, 3.8) is 0 Å². The summed E-state index contributed by atoms with van der Waals surface area (Å²) in [6, 6.07) is 1.51. The van der Waals surface area contributed by atoms with Gasteiger partial charge >= 0.3 is 11.9 Å². The van der Waals surface area contributed by atoms with E-state index >= 15 is 0 Å².